The highest BCUT2D eigenvalue weighted by molar-refractivity contribution is 5.48. The summed E-state index contributed by atoms with van der Waals surface area (Å²) in [5.41, 5.74) is 2.37. The van der Waals surface area contributed by atoms with Gasteiger partial charge in [0.05, 0.1) is 0 Å². The van der Waals surface area contributed by atoms with Crippen molar-refractivity contribution in [1.82, 2.24) is 0 Å². The molecule has 0 saturated heterocycles. The molecule has 0 unspecified atom stereocenters. The summed E-state index contributed by atoms with van der Waals surface area (Å²) in [5.74, 6) is 0. The first-order valence-electron chi connectivity index (χ1n) is 2.59. The van der Waals surface area contributed by atoms with Crippen LogP contribution in [0.3, 0.4) is 0 Å². The van der Waals surface area contributed by atoms with Crippen LogP contribution in [0.5, 0.6) is 0 Å². The fourth-order valence-corrected chi connectivity index (χ4v) is 0.874. The molecule has 0 saturated carbocycles. The highest BCUT2D eigenvalue weighted by atomic mass is 16.5. The van der Waals surface area contributed by atoms with Crippen molar-refractivity contribution in [2.45, 2.75) is 0 Å². The maximum Gasteiger partial charge on any atom is 0.169 e. The van der Waals surface area contributed by atoms with Crippen molar-refractivity contribution in [2.24, 2.45) is 0 Å². The monoisotopic (exact) mass is 105 g/mol. The van der Waals surface area contributed by atoms with E-state index in [4.69, 9.17) is 4.74 Å². The van der Waals surface area contributed by atoms with Crippen molar-refractivity contribution in [3.05, 3.63) is 35.6 Å². The molecule has 0 fully saturated rings. The summed E-state index contributed by atoms with van der Waals surface area (Å²) in [5, 5.41) is 0. The molecule has 1 heteroatoms. The molecule has 1 nitrogen and oxygen atoms in total. The van der Waals surface area contributed by atoms with Crippen LogP contribution in [0.15, 0.2) is 29.4 Å². The van der Waals surface area contributed by atoms with Crippen LogP contribution in [0.2, 0.25) is 0 Å². The minimum absolute atomic E-state index is 0.711. The molecule has 2 rings (SSSR count). The second-order valence-corrected chi connectivity index (χ2v) is 1.86. The van der Waals surface area contributed by atoms with Crippen LogP contribution in [0.4, 0.5) is 0 Å². The Kier molecular flexibility index (Phi) is 0.618. The summed E-state index contributed by atoms with van der Waals surface area (Å²) >= 11 is 0. The number of hydrogen-bond acceptors (Lipinski definition) is 1. The maximum absolute atomic E-state index is 4.90. The predicted octanol–water partition coefficient (Wildman–Crippen LogP) is 1.20. The van der Waals surface area contributed by atoms with Crippen LogP contribution < -0.4 is 0 Å². The first-order chi connectivity index (χ1) is 3.97. The SMILES string of the molecule is [C]1=C2C=CC=C2CO1. The van der Waals surface area contributed by atoms with E-state index in [0.29, 0.717) is 6.61 Å². The molecule has 1 heterocycles. The Morgan fingerprint density at radius 2 is 2.62 bits per heavy atom. The molecule has 0 spiro atoms. The third-order valence-electron chi connectivity index (χ3n) is 1.32. The van der Waals surface area contributed by atoms with E-state index in [9.17, 15) is 0 Å². The molecule has 0 aromatic heterocycles. The number of hydrogen-bond donors (Lipinski definition) is 0. The van der Waals surface area contributed by atoms with Gasteiger partial charge in [-0.3, -0.25) is 0 Å². The summed E-state index contributed by atoms with van der Waals surface area (Å²) in [6.07, 6.45) is 8.85. The van der Waals surface area contributed by atoms with E-state index < -0.39 is 0 Å². The first kappa shape index (κ1) is 3.96. The fourth-order valence-electron chi connectivity index (χ4n) is 0.874. The third kappa shape index (κ3) is 0.360. The lowest BCUT2D eigenvalue weighted by atomic mass is 10.2. The Hall–Kier alpha value is -0.980. The van der Waals surface area contributed by atoms with Crippen LogP contribution in [-0.2, 0) is 4.74 Å². The quantitative estimate of drug-likeness (QED) is 0.449. The molecule has 0 atom stereocenters. The molecule has 0 aromatic rings. The lowest BCUT2D eigenvalue weighted by Crippen LogP contribution is -1.80. The Balaban J connectivity index is 2.49. The molecule has 0 N–H and O–H groups in total. The maximum atomic E-state index is 4.90. The standard InChI is InChI=1S/C7H5O/c1-2-6-4-8-5-7(6)3-1/h1-3H,4H2. The fraction of sp³-hybridized carbons (Fsp3) is 0.143. The van der Waals surface area contributed by atoms with Gasteiger partial charge in [0.25, 0.3) is 0 Å². The van der Waals surface area contributed by atoms with Crippen molar-refractivity contribution in [3.8, 4) is 0 Å². The summed E-state index contributed by atoms with van der Waals surface area (Å²) in [4.78, 5) is 0. The topological polar surface area (TPSA) is 9.23 Å². The molecule has 2 aliphatic rings. The van der Waals surface area contributed by atoms with Crippen LogP contribution in [0, 0.1) is 6.26 Å². The Morgan fingerprint density at radius 1 is 1.62 bits per heavy atom. The number of fused-ring (bicyclic) bond motifs is 1. The molecular weight excluding hydrogens is 100 g/mol. The molecule has 39 valence electrons. The van der Waals surface area contributed by atoms with Crippen molar-refractivity contribution in [3.63, 3.8) is 0 Å². The van der Waals surface area contributed by atoms with Crippen LogP contribution in [-0.4, -0.2) is 6.61 Å². The van der Waals surface area contributed by atoms with Gasteiger partial charge in [-0.2, -0.15) is 0 Å². The minimum atomic E-state index is 0.711. The van der Waals surface area contributed by atoms with E-state index in [2.05, 4.69) is 12.3 Å². The van der Waals surface area contributed by atoms with E-state index >= 15 is 0 Å². The van der Waals surface area contributed by atoms with Crippen LogP contribution in [0.25, 0.3) is 0 Å². The number of allylic oxidation sites excluding steroid dienone is 3. The molecule has 1 aliphatic heterocycles. The van der Waals surface area contributed by atoms with E-state index in [1.807, 2.05) is 12.2 Å². The van der Waals surface area contributed by atoms with Gasteiger partial charge in [-0.25, -0.2) is 0 Å². The van der Waals surface area contributed by atoms with E-state index in [-0.39, 0.29) is 0 Å². The van der Waals surface area contributed by atoms with Crippen molar-refractivity contribution in [1.29, 1.82) is 0 Å². The van der Waals surface area contributed by atoms with E-state index in [0.717, 1.165) is 5.57 Å². The minimum Gasteiger partial charge on any atom is -0.484 e. The Bertz CT molecular complexity index is 196. The first-order valence-corrected chi connectivity index (χ1v) is 2.59. The second kappa shape index (κ2) is 1.25. The average Bonchev–Trinajstić information content (AvgIpc) is 2.15. The zero-order chi connectivity index (χ0) is 5.40. The third-order valence-corrected chi connectivity index (χ3v) is 1.32. The van der Waals surface area contributed by atoms with Gasteiger partial charge in [0.15, 0.2) is 6.26 Å². The normalized spacial score (nSPS) is 22.0. The lowest BCUT2D eigenvalue weighted by molar-refractivity contribution is 0.279. The van der Waals surface area contributed by atoms with E-state index in [1.165, 1.54) is 5.57 Å². The molecular formula is C7H5O. The smallest absolute Gasteiger partial charge is 0.169 e. The molecule has 8 heavy (non-hydrogen) atoms. The largest absolute Gasteiger partial charge is 0.484 e. The second-order valence-electron chi connectivity index (χ2n) is 1.86. The lowest BCUT2D eigenvalue weighted by Gasteiger charge is -1.86. The van der Waals surface area contributed by atoms with Gasteiger partial charge in [-0.1, -0.05) is 18.2 Å². The molecule has 1 aliphatic carbocycles. The molecule has 0 bridgehead atoms. The van der Waals surface area contributed by atoms with Crippen LogP contribution >= 0.6 is 0 Å². The zero-order valence-corrected chi connectivity index (χ0v) is 4.35. The molecule has 0 aromatic carbocycles. The van der Waals surface area contributed by atoms with Gasteiger partial charge in [0.2, 0.25) is 0 Å². The van der Waals surface area contributed by atoms with Crippen molar-refractivity contribution < 1.29 is 4.74 Å². The van der Waals surface area contributed by atoms with Crippen molar-refractivity contribution >= 4 is 0 Å². The van der Waals surface area contributed by atoms with Crippen LogP contribution in [0.1, 0.15) is 0 Å². The van der Waals surface area contributed by atoms with Crippen molar-refractivity contribution in [2.75, 3.05) is 6.61 Å². The Morgan fingerprint density at radius 3 is 3.50 bits per heavy atom. The highest BCUT2D eigenvalue weighted by Gasteiger charge is 2.12. The number of rotatable bonds is 0. The van der Waals surface area contributed by atoms with E-state index in [1.54, 1.807) is 0 Å². The van der Waals surface area contributed by atoms with Gasteiger partial charge in [0, 0.05) is 11.1 Å². The molecule has 0 amide bonds. The highest BCUT2D eigenvalue weighted by Crippen LogP contribution is 2.22. The Labute approximate surface area is 48.0 Å². The zero-order valence-electron chi connectivity index (χ0n) is 4.35. The summed E-state index contributed by atoms with van der Waals surface area (Å²) in [7, 11) is 0. The number of ether oxygens (including phenoxy) is 1. The molecule has 1 radical (unpaired) electrons. The summed E-state index contributed by atoms with van der Waals surface area (Å²) < 4.78 is 4.90. The predicted molar refractivity (Wildman–Crippen MR) is 29.9 cm³/mol. The van der Waals surface area contributed by atoms with Gasteiger partial charge in [-0.15, -0.1) is 0 Å². The van der Waals surface area contributed by atoms with Gasteiger partial charge >= 0.3 is 0 Å². The summed E-state index contributed by atoms with van der Waals surface area (Å²) in [6, 6.07) is 0. The van der Waals surface area contributed by atoms with Gasteiger partial charge < -0.3 is 4.74 Å². The van der Waals surface area contributed by atoms with Gasteiger partial charge in [-0.05, 0) is 0 Å². The average molecular weight is 105 g/mol. The summed E-state index contributed by atoms with van der Waals surface area (Å²) in [6.45, 7) is 0.711. The van der Waals surface area contributed by atoms with Gasteiger partial charge in [0.1, 0.15) is 6.61 Å².